The predicted octanol–water partition coefficient (Wildman–Crippen LogP) is -0.192. The molecule has 2 unspecified atom stereocenters. The van der Waals surface area contributed by atoms with Gasteiger partial charge in [0, 0.05) is 20.2 Å². The molecule has 1 amide bonds. The van der Waals surface area contributed by atoms with Gasteiger partial charge in [-0.3, -0.25) is 4.79 Å². The molecule has 1 heterocycles. The van der Waals surface area contributed by atoms with Crippen LogP contribution < -0.4 is 11.1 Å². The van der Waals surface area contributed by atoms with Crippen molar-refractivity contribution >= 4 is 5.91 Å². The van der Waals surface area contributed by atoms with Crippen molar-refractivity contribution in [3.63, 3.8) is 0 Å². The zero-order valence-corrected chi connectivity index (χ0v) is 11.2. The Morgan fingerprint density at radius 2 is 2.35 bits per heavy atom. The van der Waals surface area contributed by atoms with Crippen molar-refractivity contribution < 1.29 is 9.53 Å². The smallest absolute Gasteiger partial charge is 0.238 e. The summed E-state index contributed by atoms with van der Waals surface area (Å²) < 4.78 is 5.17. The van der Waals surface area contributed by atoms with E-state index in [4.69, 9.17) is 10.5 Å². The van der Waals surface area contributed by atoms with E-state index in [1.54, 1.807) is 7.11 Å². The lowest BCUT2D eigenvalue weighted by molar-refractivity contribution is -0.124. The van der Waals surface area contributed by atoms with Crippen molar-refractivity contribution in [2.24, 2.45) is 11.7 Å². The second-order valence-electron chi connectivity index (χ2n) is 5.07. The number of hydrogen-bond donors (Lipinski definition) is 2. The largest absolute Gasteiger partial charge is 0.384 e. The Morgan fingerprint density at radius 3 is 2.88 bits per heavy atom. The molecule has 0 saturated carbocycles. The SMILES string of the molecule is CCNC(C)(CN1CCC(COC)C1)C(N)=O. The molecule has 0 aromatic carbocycles. The van der Waals surface area contributed by atoms with Crippen LogP contribution in [0.2, 0.25) is 0 Å². The quantitative estimate of drug-likeness (QED) is 0.650. The molecular weight excluding hydrogens is 218 g/mol. The number of methoxy groups -OCH3 is 1. The van der Waals surface area contributed by atoms with Gasteiger partial charge >= 0.3 is 0 Å². The first kappa shape index (κ1) is 14.4. The summed E-state index contributed by atoms with van der Waals surface area (Å²) >= 11 is 0. The highest BCUT2D eigenvalue weighted by Gasteiger charge is 2.34. The van der Waals surface area contributed by atoms with E-state index in [1.807, 2.05) is 13.8 Å². The molecule has 0 spiro atoms. The maximum absolute atomic E-state index is 11.5. The van der Waals surface area contributed by atoms with E-state index in [0.717, 1.165) is 32.7 Å². The minimum absolute atomic E-state index is 0.283. The highest BCUT2D eigenvalue weighted by Crippen LogP contribution is 2.18. The van der Waals surface area contributed by atoms with E-state index in [1.165, 1.54) is 0 Å². The first-order valence-corrected chi connectivity index (χ1v) is 6.28. The number of carbonyl (C=O) groups excluding carboxylic acids is 1. The summed E-state index contributed by atoms with van der Waals surface area (Å²) in [5, 5.41) is 3.18. The van der Waals surface area contributed by atoms with Crippen LogP contribution in [0.3, 0.4) is 0 Å². The Hall–Kier alpha value is -0.650. The van der Waals surface area contributed by atoms with Crippen molar-refractivity contribution in [3.8, 4) is 0 Å². The third-order valence-electron chi connectivity index (χ3n) is 3.42. The highest BCUT2D eigenvalue weighted by atomic mass is 16.5. The fourth-order valence-electron chi connectivity index (χ4n) is 2.49. The number of likely N-dealkylation sites (N-methyl/N-ethyl adjacent to an activating group) is 1. The second kappa shape index (κ2) is 6.33. The summed E-state index contributed by atoms with van der Waals surface area (Å²) in [5.41, 5.74) is 4.85. The summed E-state index contributed by atoms with van der Waals surface area (Å²) in [5.74, 6) is 0.299. The van der Waals surface area contributed by atoms with E-state index in [2.05, 4.69) is 10.2 Å². The zero-order chi connectivity index (χ0) is 12.9. The molecule has 5 nitrogen and oxygen atoms in total. The molecular formula is C12H25N3O2. The van der Waals surface area contributed by atoms with E-state index < -0.39 is 5.54 Å². The molecule has 0 radical (unpaired) electrons. The third kappa shape index (κ3) is 3.94. The van der Waals surface area contributed by atoms with Gasteiger partial charge in [-0.1, -0.05) is 6.92 Å². The van der Waals surface area contributed by atoms with Crippen LogP contribution in [0.1, 0.15) is 20.3 Å². The van der Waals surface area contributed by atoms with E-state index >= 15 is 0 Å². The number of likely N-dealkylation sites (tertiary alicyclic amines) is 1. The van der Waals surface area contributed by atoms with E-state index in [-0.39, 0.29) is 5.91 Å². The molecule has 5 heteroatoms. The molecule has 17 heavy (non-hydrogen) atoms. The lowest BCUT2D eigenvalue weighted by atomic mass is 10.0. The normalized spacial score (nSPS) is 24.8. The van der Waals surface area contributed by atoms with Crippen molar-refractivity contribution in [3.05, 3.63) is 0 Å². The monoisotopic (exact) mass is 243 g/mol. The van der Waals surface area contributed by atoms with Crippen LogP contribution in [0, 0.1) is 5.92 Å². The third-order valence-corrected chi connectivity index (χ3v) is 3.42. The van der Waals surface area contributed by atoms with Crippen molar-refractivity contribution in [2.45, 2.75) is 25.8 Å². The number of ether oxygens (including phenoxy) is 1. The highest BCUT2D eigenvalue weighted by molar-refractivity contribution is 5.84. The molecule has 1 rings (SSSR count). The summed E-state index contributed by atoms with van der Waals surface area (Å²) in [7, 11) is 1.73. The summed E-state index contributed by atoms with van der Waals surface area (Å²) in [6.45, 7) is 8.09. The zero-order valence-electron chi connectivity index (χ0n) is 11.2. The molecule has 1 aliphatic rings. The standard InChI is InChI=1S/C12H25N3O2/c1-4-14-12(2,11(13)16)9-15-6-5-10(7-15)8-17-3/h10,14H,4-9H2,1-3H3,(H2,13,16). The van der Waals surface area contributed by atoms with Crippen molar-refractivity contribution in [2.75, 3.05) is 39.9 Å². The number of nitrogens with two attached hydrogens (primary N) is 1. The fraction of sp³-hybridized carbons (Fsp3) is 0.917. The van der Waals surface area contributed by atoms with E-state index in [0.29, 0.717) is 12.5 Å². The fourth-order valence-corrected chi connectivity index (χ4v) is 2.49. The first-order valence-electron chi connectivity index (χ1n) is 6.28. The number of amides is 1. The van der Waals surface area contributed by atoms with Crippen LogP contribution in [-0.2, 0) is 9.53 Å². The van der Waals surface area contributed by atoms with E-state index in [9.17, 15) is 4.79 Å². The molecule has 1 saturated heterocycles. The van der Waals surface area contributed by atoms with Crippen molar-refractivity contribution in [1.82, 2.24) is 10.2 Å². The van der Waals surface area contributed by atoms with Gasteiger partial charge in [0.05, 0.1) is 6.61 Å². The van der Waals surface area contributed by atoms with Gasteiger partial charge in [0.1, 0.15) is 5.54 Å². The Kier molecular flexibility index (Phi) is 5.36. The molecule has 3 N–H and O–H groups in total. The number of nitrogens with one attached hydrogen (secondary N) is 1. The van der Waals surface area contributed by atoms with Gasteiger partial charge in [-0.05, 0) is 32.4 Å². The van der Waals surface area contributed by atoms with Crippen LogP contribution in [0.15, 0.2) is 0 Å². The van der Waals surface area contributed by atoms with Gasteiger partial charge in [-0.15, -0.1) is 0 Å². The lowest BCUT2D eigenvalue weighted by Crippen LogP contribution is -2.59. The van der Waals surface area contributed by atoms with Crippen LogP contribution in [0.5, 0.6) is 0 Å². The molecule has 1 aliphatic heterocycles. The van der Waals surface area contributed by atoms with Crippen LogP contribution >= 0.6 is 0 Å². The van der Waals surface area contributed by atoms with Gasteiger partial charge in [-0.25, -0.2) is 0 Å². The summed E-state index contributed by atoms with van der Waals surface area (Å²) in [4.78, 5) is 13.8. The molecule has 0 aliphatic carbocycles. The molecule has 0 aromatic rings. The lowest BCUT2D eigenvalue weighted by Gasteiger charge is -2.31. The predicted molar refractivity (Wildman–Crippen MR) is 67.7 cm³/mol. The maximum Gasteiger partial charge on any atom is 0.238 e. The maximum atomic E-state index is 11.5. The van der Waals surface area contributed by atoms with Gasteiger partial charge in [0.25, 0.3) is 0 Å². The Balaban J connectivity index is 2.49. The second-order valence-corrected chi connectivity index (χ2v) is 5.07. The van der Waals surface area contributed by atoms with Gasteiger partial charge in [0.2, 0.25) is 5.91 Å². The number of nitrogens with zero attached hydrogens (tertiary/aromatic N) is 1. The summed E-state index contributed by atoms with van der Waals surface area (Å²) in [6, 6.07) is 0. The van der Waals surface area contributed by atoms with Crippen molar-refractivity contribution in [1.29, 1.82) is 0 Å². The van der Waals surface area contributed by atoms with Crippen LogP contribution in [0.25, 0.3) is 0 Å². The van der Waals surface area contributed by atoms with Gasteiger partial charge in [-0.2, -0.15) is 0 Å². The number of carbonyl (C=O) groups is 1. The van der Waals surface area contributed by atoms with Gasteiger partial charge < -0.3 is 20.7 Å². The molecule has 0 bridgehead atoms. The van der Waals surface area contributed by atoms with Gasteiger partial charge in [0.15, 0.2) is 0 Å². The molecule has 1 fully saturated rings. The number of rotatable bonds is 7. The topological polar surface area (TPSA) is 67.6 Å². The molecule has 0 aromatic heterocycles. The Morgan fingerprint density at radius 1 is 1.65 bits per heavy atom. The molecule has 100 valence electrons. The average Bonchev–Trinajstić information content (AvgIpc) is 2.66. The summed E-state index contributed by atoms with van der Waals surface area (Å²) in [6.07, 6.45) is 1.13. The Bertz CT molecular complexity index is 260. The average molecular weight is 243 g/mol. The molecule has 2 atom stereocenters. The minimum Gasteiger partial charge on any atom is -0.384 e. The van der Waals surface area contributed by atoms with Crippen LogP contribution in [0.4, 0.5) is 0 Å². The van der Waals surface area contributed by atoms with Crippen LogP contribution in [-0.4, -0.2) is 56.2 Å². The minimum atomic E-state index is -0.628. The number of hydrogen-bond acceptors (Lipinski definition) is 4. The number of primary amides is 1. The Labute approximate surface area is 104 Å². The first-order chi connectivity index (χ1) is 8.01.